The molecule has 0 unspecified atom stereocenters. The maximum Gasteiger partial charge on any atom is 0.169 e. The summed E-state index contributed by atoms with van der Waals surface area (Å²) in [7, 11) is 0.983. The summed E-state index contributed by atoms with van der Waals surface area (Å²) in [6, 6.07) is 31.7. The molecule has 0 amide bonds. The van der Waals surface area contributed by atoms with Crippen molar-refractivity contribution in [3.63, 3.8) is 0 Å². The first kappa shape index (κ1) is 15.7. The molecule has 0 fully saturated rings. The van der Waals surface area contributed by atoms with E-state index in [1.54, 1.807) is 0 Å². The van der Waals surface area contributed by atoms with Gasteiger partial charge in [0, 0.05) is 0 Å². The summed E-state index contributed by atoms with van der Waals surface area (Å²) in [6.07, 6.45) is 1.03. The first-order valence-corrected chi connectivity index (χ1v) is 10.8. The Kier molecular flexibility index (Phi) is 5.06. The quantitative estimate of drug-likeness (QED) is 0.556. The van der Waals surface area contributed by atoms with E-state index in [9.17, 15) is 5.11 Å². The van der Waals surface area contributed by atoms with E-state index < -0.39 is 6.95 Å². The number of benzene rings is 3. The second-order valence-corrected chi connectivity index (χ2v) is 10.7. The van der Waals surface area contributed by atoms with Gasteiger partial charge in [-0.05, 0) is 41.8 Å². The number of hydrogen-bond donors (Lipinski definition) is 1. The van der Waals surface area contributed by atoms with Crippen molar-refractivity contribution in [3.8, 4) is 0 Å². The second-order valence-electron chi connectivity index (χ2n) is 5.00. The van der Waals surface area contributed by atoms with Gasteiger partial charge in [0.25, 0.3) is 0 Å². The van der Waals surface area contributed by atoms with Gasteiger partial charge in [0.1, 0.15) is 22.2 Å². The van der Waals surface area contributed by atoms with Crippen molar-refractivity contribution in [1.82, 2.24) is 0 Å². The molecule has 0 saturated carbocycles. The van der Waals surface area contributed by atoms with Crippen molar-refractivity contribution in [3.05, 3.63) is 97.3 Å². The molecule has 0 aliphatic carbocycles. The molecule has 1 nitrogen and oxygen atoms in total. The zero-order valence-electron chi connectivity index (χ0n) is 12.6. The van der Waals surface area contributed by atoms with Crippen LogP contribution >= 0.6 is 14.8 Å². The average molecular weight is 335 g/mol. The molecule has 3 aromatic carbocycles. The number of rotatable bonds is 4. The number of aliphatic hydroxyl groups is 1. The fourth-order valence-electron chi connectivity index (χ4n) is 2.66. The molecule has 0 aliphatic heterocycles. The molecular weight excluding hydrogens is 318 g/mol. The number of hydrogen-bond acceptors (Lipinski definition) is 1. The monoisotopic (exact) mass is 335 g/mol. The fourth-order valence-corrected chi connectivity index (χ4v) is 8.85. The van der Waals surface area contributed by atoms with Crippen LogP contribution in [0.2, 0.25) is 0 Å². The lowest BCUT2D eigenvalue weighted by molar-refractivity contribution is 0.481. The first-order valence-electron chi connectivity index (χ1n) is 7.37. The van der Waals surface area contributed by atoms with E-state index in [0.717, 1.165) is 14.2 Å². The number of aliphatic hydroxyl groups excluding tert-OH is 1. The van der Waals surface area contributed by atoms with Gasteiger partial charge in [0.15, 0.2) is 14.8 Å². The van der Waals surface area contributed by atoms with Crippen molar-refractivity contribution in [2.45, 2.75) is 0 Å². The van der Waals surface area contributed by atoms with Gasteiger partial charge in [-0.3, -0.25) is 0 Å². The molecule has 0 saturated heterocycles. The topological polar surface area (TPSA) is 20.2 Å². The Morgan fingerprint density at radius 3 is 1.30 bits per heavy atom. The lowest BCUT2D eigenvalue weighted by Crippen LogP contribution is -2.27. The molecule has 3 rings (SSSR count). The molecule has 0 bridgehead atoms. The van der Waals surface area contributed by atoms with E-state index in [2.05, 4.69) is 78.2 Å². The van der Waals surface area contributed by atoms with Crippen LogP contribution in [0.15, 0.2) is 97.3 Å². The van der Waals surface area contributed by atoms with E-state index in [4.69, 9.17) is 0 Å². The highest BCUT2D eigenvalue weighted by Crippen LogP contribution is 2.66. The molecule has 0 aromatic heterocycles. The Morgan fingerprint density at radius 2 is 1.00 bits per heavy atom. The maximum atomic E-state index is 9.25. The van der Waals surface area contributed by atoms with Crippen LogP contribution in [0.5, 0.6) is 0 Å². The predicted octanol–water partition coefficient (Wildman–Crippen LogP) is 4.31. The van der Waals surface area contributed by atoms with E-state index >= 15 is 0 Å². The van der Waals surface area contributed by atoms with Gasteiger partial charge >= 0.3 is 0 Å². The van der Waals surface area contributed by atoms with Crippen LogP contribution < -0.4 is 15.9 Å². The van der Waals surface area contributed by atoms with Crippen molar-refractivity contribution < 1.29 is 5.11 Å². The summed E-state index contributed by atoms with van der Waals surface area (Å²) in [5, 5.41) is 13.1. The highest BCUT2D eigenvalue weighted by atomic mass is 32.1. The van der Waals surface area contributed by atoms with Gasteiger partial charge in [-0.15, -0.1) is 0 Å². The van der Waals surface area contributed by atoms with Gasteiger partial charge in [-0.1, -0.05) is 54.6 Å². The van der Waals surface area contributed by atoms with Gasteiger partial charge < -0.3 is 5.11 Å². The summed E-state index contributed by atoms with van der Waals surface area (Å²) in [6.45, 7) is -1.90. The fraction of sp³-hybridized carbons (Fsp3) is 0. The lowest BCUT2D eigenvalue weighted by Gasteiger charge is -2.21. The molecule has 0 heterocycles. The van der Waals surface area contributed by atoms with Crippen LogP contribution in [0.4, 0.5) is 0 Å². The second kappa shape index (κ2) is 7.40. The third kappa shape index (κ3) is 3.14. The Bertz CT molecular complexity index is 711. The standard InChI is InChI=1S/C20H16OP2/c21-16-17-22-23(18-10-4-1-5-11-18,19-12-6-2-7-13-19)20-14-8-3-9-15-20/h1-16H/p+1. The average Bonchev–Trinajstić information content (AvgIpc) is 2.65. The van der Waals surface area contributed by atoms with Gasteiger partial charge in [0.2, 0.25) is 0 Å². The molecule has 1 N–H and O–H groups in total. The summed E-state index contributed by atoms with van der Waals surface area (Å²) in [5.41, 5.74) is 3.04. The van der Waals surface area contributed by atoms with Crippen LogP contribution in [0.3, 0.4) is 0 Å². The van der Waals surface area contributed by atoms with Crippen molar-refractivity contribution in [1.29, 1.82) is 0 Å². The molecule has 3 heteroatoms. The Labute approximate surface area is 139 Å². The van der Waals surface area contributed by atoms with Crippen LogP contribution in [-0.4, -0.2) is 10.6 Å². The van der Waals surface area contributed by atoms with Crippen molar-refractivity contribution >= 4 is 36.2 Å². The largest absolute Gasteiger partial charge is 0.507 e. The molecule has 23 heavy (non-hydrogen) atoms. The van der Waals surface area contributed by atoms with E-state index in [0.29, 0.717) is 0 Å². The third-order valence-electron chi connectivity index (χ3n) is 3.66. The van der Waals surface area contributed by atoms with Crippen molar-refractivity contribution in [2.75, 3.05) is 0 Å². The highest BCUT2D eigenvalue weighted by Gasteiger charge is 2.44. The minimum absolute atomic E-state index is 0.983. The minimum Gasteiger partial charge on any atom is -0.507 e. The summed E-state index contributed by atoms with van der Waals surface area (Å²) < 4.78 is 0. The summed E-state index contributed by atoms with van der Waals surface area (Å²) in [4.78, 5) is 0. The van der Waals surface area contributed by atoms with Crippen LogP contribution in [0.25, 0.3) is 0 Å². The Hall–Kier alpha value is -2.16. The van der Waals surface area contributed by atoms with Crippen LogP contribution in [0.1, 0.15) is 0 Å². The van der Waals surface area contributed by atoms with Crippen LogP contribution in [0, 0.1) is 0 Å². The van der Waals surface area contributed by atoms with E-state index in [-0.39, 0.29) is 0 Å². The molecule has 3 aromatic rings. The molecule has 0 aliphatic rings. The SMILES string of the molecule is OC=C=P[P+](c1ccccc1)(c1ccccc1)c1ccccc1. The summed E-state index contributed by atoms with van der Waals surface area (Å²) >= 11 is 0. The zero-order valence-corrected chi connectivity index (χ0v) is 14.4. The third-order valence-corrected chi connectivity index (χ3v) is 10.6. The van der Waals surface area contributed by atoms with E-state index in [1.165, 1.54) is 15.9 Å². The zero-order chi connectivity index (χ0) is 16.0. The van der Waals surface area contributed by atoms with Crippen LogP contribution in [-0.2, 0) is 0 Å². The Morgan fingerprint density at radius 1 is 0.652 bits per heavy atom. The predicted molar refractivity (Wildman–Crippen MR) is 104 cm³/mol. The minimum atomic E-state index is -1.90. The molecule has 0 spiro atoms. The van der Waals surface area contributed by atoms with E-state index in [1.807, 2.05) is 18.2 Å². The highest BCUT2D eigenvalue weighted by molar-refractivity contribution is 8.41. The summed E-state index contributed by atoms with van der Waals surface area (Å²) in [5.74, 6) is 0. The van der Waals surface area contributed by atoms with Crippen molar-refractivity contribution in [2.24, 2.45) is 0 Å². The molecular formula is C20H17OP2+. The van der Waals surface area contributed by atoms with Gasteiger partial charge in [-0.25, -0.2) is 0 Å². The molecule has 0 atom stereocenters. The molecule has 112 valence electrons. The lowest BCUT2D eigenvalue weighted by atomic mass is 10.4. The van der Waals surface area contributed by atoms with Gasteiger partial charge in [0.05, 0.1) is 0 Å². The smallest absolute Gasteiger partial charge is 0.169 e. The maximum absolute atomic E-state index is 9.25. The first-order chi connectivity index (χ1) is 11.4. The molecule has 0 radical (unpaired) electrons. The van der Waals surface area contributed by atoms with Gasteiger partial charge in [-0.2, -0.15) is 0 Å². The Balaban J connectivity index is 2.37. The normalized spacial score (nSPS) is 11.0.